The van der Waals surface area contributed by atoms with E-state index in [0.717, 1.165) is 77.0 Å². The third kappa shape index (κ3) is 35.9. The normalized spacial score (nSPS) is 22.0. The minimum absolute atomic E-state index is 0.0735. The molecule has 17 nitrogen and oxygen atoms in total. The van der Waals surface area contributed by atoms with Crippen LogP contribution < -0.4 is 0 Å². The number of ether oxygens (including phenoxy) is 2. The number of aliphatic hydroxyl groups excluding tert-OH is 5. The van der Waals surface area contributed by atoms with Crippen molar-refractivity contribution >= 4 is 27.6 Å². The number of carbonyl (C=O) groups excluding carboxylic acids is 2. The largest absolute Gasteiger partial charge is 0.472 e. The number of aliphatic hydroxyl groups is 5. The van der Waals surface area contributed by atoms with Crippen LogP contribution in [0.3, 0.4) is 0 Å². The Balaban J connectivity index is 2.64. The van der Waals surface area contributed by atoms with Crippen molar-refractivity contribution in [3.8, 4) is 0 Å². The van der Waals surface area contributed by atoms with Crippen molar-refractivity contribution in [1.82, 2.24) is 0 Å². The average molecular weight is 1060 g/mol. The third-order valence-electron chi connectivity index (χ3n) is 11.2. The highest BCUT2D eigenvalue weighted by Crippen LogP contribution is 2.49. The maximum absolute atomic E-state index is 13.0. The number of rotatable bonds is 42. The molecule has 0 aromatic rings. The Morgan fingerprint density at radius 3 is 1.62 bits per heavy atom. The Bertz CT molecular complexity index is 1770. The fraction of sp³-hybridized carbons (Fsp3) is 0.660. The van der Waals surface area contributed by atoms with Crippen molar-refractivity contribution < 1.29 is 82.0 Å². The molecule has 0 aliphatic heterocycles. The van der Waals surface area contributed by atoms with Crippen LogP contribution in [0.4, 0.5) is 0 Å². The molecule has 0 spiro atoms. The van der Waals surface area contributed by atoms with E-state index in [1.807, 2.05) is 12.2 Å². The zero-order valence-electron chi connectivity index (χ0n) is 42.7. The topological polar surface area (TPSA) is 276 Å². The van der Waals surface area contributed by atoms with E-state index in [0.29, 0.717) is 6.42 Å². The predicted molar refractivity (Wildman–Crippen MR) is 279 cm³/mol. The quantitative estimate of drug-likeness (QED) is 0.00928. The molecule has 6 unspecified atom stereocenters. The van der Waals surface area contributed by atoms with Crippen LogP contribution in [0, 0.1) is 0 Å². The van der Waals surface area contributed by atoms with Gasteiger partial charge in [0.2, 0.25) is 0 Å². The lowest BCUT2D eigenvalue weighted by molar-refractivity contribution is -0.216. The molecule has 8 N–H and O–H groups in total. The second kappa shape index (κ2) is 42.1. The summed E-state index contributed by atoms with van der Waals surface area (Å²) in [4.78, 5) is 54.4. The third-order valence-corrected chi connectivity index (χ3v) is 12.7. The Kier molecular flexibility index (Phi) is 39.2. The maximum Gasteiger partial charge on any atom is 0.472 e. The van der Waals surface area contributed by atoms with Gasteiger partial charge >= 0.3 is 27.6 Å². The number of carbonyl (C=O) groups is 2. The first-order chi connectivity index (χ1) is 34.5. The highest BCUT2D eigenvalue weighted by Gasteiger charge is 2.54. The molecule has 1 aliphatic rings. The Morgan fingerprint density at radius 2 is 1.04 bits per heavy atom. The Labute approximate surface area is 429 Å². The van der Waals surface area contributed by atoms with E-state index >= 15 is 0 Å². The monoisotopic (exact) mass is 1060 g/mol. The summed E-state index contributed by atoms with van der Waals surface area (Å²) in [7, 11) is -10.8. The van der Waals surface area contributed by atoms with Crippen molar-refractivity contribution in [1.29, 1.82) is 0 Å². The summed E-state index contributed by atoms with van der Waals surface area (Å²) in [5.41, 5.74) is 0. The van der Waals surface area contributed by atoms with Gasteiger partial charge in [-0.2, -0.15) is 0 Å². The molecule has 0 amide bonds. The van der Waals surface area contributed by atoms with E-state index in [2.05, 4.69) is 79.1 Å². The number of unbranched alkanes of at least 4 members (excludes halogenated alkanes) is 12. The summed E-state index contributed by atoms with van der Waals surface area (Å²) < 4.78 is 49.3. The molecule has 19 heteroatoms. The van der Waals surface area contributed by atoms with E-state index < -0.39 is 89.6 Å². The smallest absolute Gasteiger partial charge is 0.462 e. The first-order valence-corrected chi connectivity index (χ1v) is 28.9. The summed E-state index contributed by atoms with van der Waals surface area (Å²) in [6.07, 6.45) is 36.6. The van der Waals surface area contributed by atoms with E-state index in [4.69, 9.17) is 18.5 Å². The molecule has 72 heavy (non-hydrogen) atoms. The molecule has 1 aliphatic carbocycles. The lowest BCUT2D eigenvalue weighted by Gasteiger charge is -2.43. The summed E-state index contributed by atoms with van der Waals surface area (Å²) in [5, 5.41) is 51.6. The van der Waals surface area contributed by atoms with Crippen LogP contribution in [-0.4, -0.2) is 114 Å². The van der Waals surface area contributed by atoms with Gasteiger partial charge in [0.05, 0.1) is 12.7 Å². The highest BCUT2D eigenvalue weighted by atomic mass is 31.2. The summed E-state index contributed by atoms with van der Waals surface area (Å²) in [6, 6.07) is 0. The molecule has 412 valence electrons. The van der Waals surface area contributed by atoms with Crippen LogP contribution in [0.5, 0.6) is 0 Å². The van der Waals surface area contributed by atoms with Gasteiger partial charge < -0.3 is 49.7 Å². The van der Waals surface area contributed by atoms with Crippen molar-refractivity contribution in [3.63, 3.8) is 0 Å². The fourth-order valence-corrected chi connectivity index (χ4v) is 8.76. The van der Waals surface area contributed by atoms with Crippen LogP contribution in [0.2, 0.25) is 0 Å². The fourth-order valence-electron chi connectivity index (χ4n) is 7.22. The molecular formula is C53H88O17P2. The van der Waals surface area contributed by atoms with Crippen molar-refractivity contribution in [2.45, 2.75) is 210 Å². The predicted octanol–water partition coefficient (Wildman–Crippen LogP) is 9.70. The van der Waals surface area contributed by atoms with Gasteiger partial charge in [-0.25, -0.2) is 9.13 Å². The van der Waals surface area contributed by atoms with Gasteiger partial charge in [-0.1, -0.05) is 169 Å². The number of allylic oxidation sites excluding steroid dienone is 14. The van der Waals surface area contributed by atoms with Gasteiger partial charge in [0, 0.05) is 12.8 Å². The highest BCUT2D eigenvalue weighted by molar-refractivity contribution is 7.47. The zero-order chi connectivity index (χ0) is 53.3. The van der Waals surface area contributed by atoms with Gasteiger partial charge in [0.25, 0.3) is 0 Å². The standard InChI is InChI=1S/C53H88O17P2/c1-3-5-7-9-11-13-15-17-18-19-20-21-22-24-26-28-30-32-36-40-46(55)66-42-45(43-67-72(64,65)70-53-50(59)48(57)49(58)52(51(53)60)69-71(61,62)63)68-47(56)41-37-33-35-39-44(54)38-34-31-29-27-25-23-16-14-12-10-8-6-4-2/h6,8,11-14,17-18,23,25,29,31,33-35,38,44-45,48-54,57-60H,3-5,7,9-10,15-16,19-22,24,26-28,30,32,36-37,39-43H2,1-2H3,(H,64,65)(H2,61,62,63)/b8-6-,13-11-,14-12-,18-17-,25-23-,31-29-,35-33-,38-34-/t44?,45-,48?,49?,50?,51?,52-,53+/m1/s1. The molecule has 0 saturated heterocycles. The van der Waals surface area contributed by atoms with Gasteiger partial charge in [0.1, 0.15) is 43.2 Å². The lowest BCUT2D eigenvalue weighted by atomic mass is 9.85. The van der Waals surface area contributed by atoms with Gasteiger partial charge in [-0.05, 0) is 77.0 Å². The van der Waals surface area contributed by atoms with Gasteiger partial charge in [-0.3, -0.25) is 23.2 Å². The molecular weight excluding hydrogens is 971 g/mol. The van der Waals surface area contributed by atoms with Crippen molar-refractivity contribution in [2.75, 3.05) is 13.2 Å². The lowest BCUT2D eigenvalue weighted by Crippen LogP contribution is -2.64. The molecule has 1 saturated carbocycles. The average Bonchev–Trinajstić information content (AvgIpc) is 3.33. The SMILES string of the molecule is CC/C=C\C/C=C\C/C=C\C/C=C\C=C/C(O)C/C=C\CCC(=O)O[C@H](COC(=O)CCCCCCCCCCC/C=C\C/C=C\CCCCC)COP(=O)(O)O[C@H]1C(O)C(O)C(O)[C@@H](OP(=O)(O)O)C1O. The summed E-state index contributed by atoms with van der Waals surface area (Å²) in [6.45, 7) is 2.83. The van der Waals surface area contributed by atoms with Crippen LogP contribution in [0.15, 0.2) is 97.2 Å². The van der Waals surface area contributed by atoms with Crippen LogP contribution in [0.25, 0.3) is 0 Å². The zero-order valence-corrected chi connectivity index (χ0v) is 44.5. The van der Waals surface area contributed by atoms with E-state index in [1.165, 1.54) is 38.5 Å². The first-order valence-electron chi connectivity index (χ1n) is 25.9. The second-order valence-electron chi connectivity index (χ2n) is 17.7. The minimum Gasteiger partial charge on any atom is -0.462 e. The molecule has 9 atom stereocenters. The molecule has 1 rings (SSSR count). The number of esters is 2. The summed E-state index contributed by atoms with van der Waals surface area (Å²) >= 11 is 0. The van der Waals surface area contributed by atoms with Gasteiger partial charge in [-0.15, -0.1) is 0 Å². The Hall–Kier alpha value is -3.12. The van der Waals surface area contributed by atoms with E-state index in [1.54, 1.807) is 24.3 Å². The van der Waals surface area contributed by atoms with E-state index in [-0.39, 0.29) is 25.7 Å². The molecule has 0 heterocycles. The maximum atomic E-state index is 13.0. The summed E-state index contributed by atoms with van der Waals surface area (Å²) in [5.74, 6) is -1.40. The molecule has 0 aromatic carbocycles. The number of phosphoric acid groups is 2. The first kappa shape index (κ1) is 66.9. The van der Waals surface area contributed by atoms with E-state index in [9.17, 15) is 58.9 Å². The van der Waals surface area contributed by atoms with Crippen molar-refractivity contribution in [3.05, 3.63) is 97.2 Å². The Morgan fingerprint density at radius 1 is 0.528 bits per heavy atom. The second-order valence-corrected chi connectivity index (χ2v) is 20.3. The molecule has 0 bridgehead atoms. The minimum atomic E-state index is -5.39. The molecule has 0 radical (unpaired) electrons. The van der Waals surface area contributed by atoms with Gasteiger partial charge in [0.15, 0.2) is 6.10 Å². The number of hydrogen-bond donors (Lipinski definition) is 8. The molecule has 0 aromatic heterocycles. The number of hydrogen-bond acceptors (Lipinski definition) is 14. The van der Waals surface area contributed by atoms with Crippen LogP contribution in [0.1, 0.15) is 162 Å². The number of phosphoric ester groups is 2. The van der Waals surface area contributed by atoms with Crippen LogP contribution in [-0.2, 0) is 41.8 Å². The van der Waals surface area contributed by atoms with Crippen LogP contribution >= 0.6 is 15.6 Å². The van der Waals surface area contributed by atoms with Crippen molar-refractivity contribution in [2.24, 2.45) is 0 Å². The molecule has 1 fully saturated rings.